The maximum Gasteiger partial charge on any atom is 0.356 e. The average Bonchev–Trinajstić information content (AvgIpc) is 2.87. The number of carboxylic acid groups (broad SMARTS) is 2. The number of likely N-dealkylation sites (tertiary alicyclic amines) is 1. The predicted molar refractivity (Wildman–Crippen MR) is 78.3 cm³/mol. The fraction of sp³-hybridized carbons (Fsp3) is 0.667. The molecule has 3 rings (SSSR count). The lowest BCUT2D eigenvalue weighted by Gasteiger charge is -2.30. The molecular weight excluding hydrogens is 286 g/mol. The Labute approximate surface area is 128 Å². The molecule has 0 radical (unpaired) electrons. The van der Waals surface area contributed by atoms with Crippen molar-refractivity contribution in [1.29, 1.82) is 0 Å². The van der Waals surface area contributed by atoms with Gasteiger partial charge < -0.3 is 19.7 Å². The molecule has 0 aliphatic carbocycles. The monoisotopic (exact) mass is 307 g/mol. The number of rotatable bonds is 3. The molecule has 0 amide bonds. The van der Waals surface area contributed by atoms with E-state index in [0.29, 0.717) is 18.7 Å². The topological polar surface area (TPSA) is 95.7 Å². The molecule has 1 fully saturated rings. The van der Waals surface area contributed by atoms with Crippen molar-refractivity contribution in [2.45, 2.75) is 44.1 Å². The van der Waals surface area contributed by atoms with Gasteiger partial charge in [-0.3, -0.25) is 4.79 Å². The second-order valence-electron chi connectivity index (χ2n) is 6.27. The third-order valence-corrected chi connectivity index (χ3v) is 4.83. The molecule has 1 saturated heterocycles. The van der Waals surface area contributed by atoms with Gasteiger partial charge >= 0.3 is 11.9 Å². The van der Waals surface area contributed by atoms with Crippen molar-refractivity contribution in [2.75, 3.05) is 20.1 Å². The zero-order chi connectivity index (χ0) is 15.9. The zero-order valence-electron chi connectivity index (χ0n) is 12.7. The van der Waals surface area contributed by atoms with E-state index in [1.54, 1.807) is 0 Å². The molecule has 7 nitrogen and oxygen atoms in total. The van der Waals surface area contributed by atoms with Crippen LogP contribution in [-0.4, -0.2) is 56.7 Å². The van der Waals surface area contributed by atoms with Crippen LogP contribution < -0.4 is 0 Å². The minimum absolute atomic E-state index is 0.0685. The Bertz CT molecular complexity index is 602. The highest BCUT2D eigenvalue weighted by Crippen LogP contribution is 2.36. The third-order valence-electron chi connectivity index (χ3n) is 4.83. The number of hydrogen-bond donors (Lipinski definition) is 2. The lowest BCUT2D eigenvalue weighted by Crippen LogP contribution is -2.31. The van der Waals surface area contributed by atoms with Gasteiger partial charge in [-0.05, 0) is 45.8 Å². The van der Waals surface area contributed by atoms with E-state index in [2.05, 4.69) is 16.9 Å². The summed E-state index contributed by atoms with van der Waals surface area (Å²) in [6.45, 7) is 2.58. The van der Waals surface area contributed by atoms with Crippen LogP contribution in [0, 0.1) is 0 Å². The molecule has 0 spiro atoms. The Hall–Kier alpha value is -1.89. The molecule has 7 heteroatoms. The van der Waals surface area contributed by atoms with Crippen molar-refractivity contribution in [1.82, 2.24) is 14.5 Å². The first-order valence-corrected chi connectivity index (χ1v) is 7.74. The number of carboxylic acids is 2. The Morgan fingerprint density at radius 3 is 2.41 bits per heavy atom. The standard InChI is InChI=1S/C15H21N3O4/c1-17-7-4-9(5-8-17)13-16-11(15(21)22)12-10(14(19)20)3-2-6-18(12)13/h9-10H,2-8H2,1H3,(H,19,20)(H,21,22). The first-order chi connectivity index (χ1) is 10.5. The minimum atomic E-state index is -1.13. The van der Waals surface area contributed by atoms with Crippen molar-refractivity contribution in [2.24, 2.45) is 0 Å². The molecule has 1 aromatic rings. The van der Waals surface area contributed by atoms with E-state index in [1.165, 1.54) is 0 Å². The van der Waals surface area contributed by atoms with Gasteiger partial charge in [0.15, 0.2) is 5.69 Å². The van der Waals surface area contributed by atoms with Gasteiger partial charge in [-0.25, -0.2) is 9.78 Å². The Morgan fingerprint density at radius 2 is 1.82 bits per heavy atom. The van der Waals surface area contributed by atoms with Crippen molar-refractivity contribution in [3.05, 3.63) is 17.2 Å². The number of aromatic carboxylic acids is 1. The van der Waals surface area contributed by atoms with Gasteiger partial charge in [-0.2, -0.15) is 0 Å². The molecule has 120 valence electrons. The fourth-order valence-corrected chi connectivity index (χ4v) is 3.64. The normalized spacial score (nSPS) is 23.2. The minimum Gasteiger partial charge on any atom is -0.481 e. The van der Waals surface area contributed by atoms with Crippen molar-refractivity contribution in [3.8, 4) is 0 Å². The van der Waals surface area contributed by atoms with Crippen LogP contribution in [0.15, 0.2) is 0 Å². The first kappa shape index (κ1) is 15.0. The second kappa shape index (κ2) is 5.72. The summed E-state index contributed by atoms with van der Waals surface area (Å²) in [5.74, 6) is -1.86. The van der Waals surface area contributed by atoms with E-state index in [4.69, 9.17) is 0 Å². The Morgan fingerprint density at radius 1 is 1.14 bits per heavy atom. The Kier molecular flexibility index (Phi) is 3.90. The highest BCUT2D eigenvalue weighted by Gasteiger charge is 2.36. The van der Waals surface area contributed by atoms with Crippen LogP contribution in [0.25, 0.3) is 0 Å². The molecule has 22 heavy (non-hydrogen) atoms. The highest BCUT2D eigenvalue weighted by atomic mass is 16.4. The lowest BCUT2D eigenvalue weighted by molar-refractivity contribution is -0.139. The molecule has 3 heterocycles. The maximum absolute atomic E-state index is 11.5. The van der Waals surface area contributed by atoms with Gasteiger partial charge in [0.05, 0.1) is 11.6 Å². The Balaban J connectivity index is 2.03. The summed E-state index contributed by atoms with van der Waals surface area (Å²) in [7, 11) is 2.07. The van der Waals surface area contributed by atoms with Crippen molar-refractivity contribution < 1.29 is 19.8 Å². The first-order valence-electron chi connectivity index (χ1n) is 7.74. The molecule has 1 atom stereocenters. The molecule has 0 aromatic carbocycles. The summed E-state index contributed by atoms with van der Waals surface area (Å²) >= 11 is 0. The van der Waals surface area contributed by atoms with Crippen LogP contribution in [0.2, 0.25) is 0 Å². The summed E-state index contributed by atoms with van der Waals surface area (Å²) < 4.78 is 1.88. The average molecular weight is 307 g/mol. The molecule has 2 aliphatic rings. The van der Waals surface area contributed by atoms with Crippen LogP contribution in [0.3, 0.4) is 0 Å². The van der Waals surface area contributed by atoms with E-state index in [0.717, 1.165) is 38.2 Å². The number of piperidine rings is 1. The summed E-state index contributed by atoms with van der Waals surface area (Å²) in [6.07, 6.45) is 3.10. The van der Waals surface area contributed by atoms with Gasteiger partial charge in [0.2, 0.25) is 0 Å². The lowest BCUT2D eigenvalue weighted by atomic mass is 9.93. The summed E-state index contributed by atoms with van der Waals surface area (Å²) in [4.78, 5) is 29.6. The quantitative estimate of drug-likeness (QED) is 0.875. The van der Waals surface area contributed by atoms with Gasteiger partial charge in [-0.15, -0.1) is 0 Å². The smallest absolute Gasteiger partial charge is 0.356 e. The van der Waals surface area contributed by atoms with Crippen LogP contribution in [0.4, 0.5) is 0 Å². The number of carbonyl (C=O) groups is 2. The number of aromatic nitrogens is 2. The number of fused-ring (bicyclic) bond motifs is 1. The van der Waals surface area contributed by atoms with Gasteiger partial charge in [0, 0.05) is 12.5 Å². The van der Waals surface area contributed by atoms with Gasteiger partial charge in [0.1, 0.15) is 5.82 Å². The molecule has 2 N–H and O–H groups in total. The van der Waals surface area contributed by atoms with Crippen LogP contribution in [0.1, 0.15) is 59.5 Å². The number of imidazole rings is 1. The predicted octanol–water partition coefficient (Wildman–Crippen LogP) is 1.35. The van der Waals surface area contributed by atoms with Gasteiger partial charge in [0.25, 0.3) is 0 Å². The summed E-state index contributed by atoms with van der Waals surface area (Å²) in [5, 5.41) is 18.8. The number of aliphatic carboxylic acids is 1. The SMILES string of the molecule is CN1CCC(c2nc(C(=O)O)c3n2CCCC3C(=O)O)CC1. The number of nitrogens with zero attached hydrogens (tertiary/aromatic N) is 3. The van der Waals surface area contributed by atoms with E-state index in [-0.39, 0.29) is 11.6 Å². The molecular formula is C15H21N3O4. The van der Waals surface area contributed by atoms with E-state index < -0.39 is 17.9 Å². The van der Waals surface area contributed by atoms with Crippen LogP contribution >= 0.6 is 0 Å². The van der Waals surface area contributed by atoms with E-state index >= 15 is 0 Å². The van der Waals surface area contributed by atoms with Crippen molar-refractivity contribution in [3.63, 3.8) is 0 Å². The molecule has 0 saturated carbocycles. The van der Waals surface area contributed by atoms with Crippen molar-refractivity contribution >= 4 is 11.9 Å². The van der Waals surface area contributed by atoms with Crippen LogP contribution in [-0.2, 0) is 11.3 Å². The molecule has 2 aliphatic heterocycles. The van der Waals surface area contributed by atoms with Gasteiger partial charge in [-0.1, -0.05) is 0 Å². The largest absolute Gasteiger partial charge is 0.481 e. The van der Waals surface area contributed by atoms with E-state index in [9.17, 15) is 19.8 Å². The summed E-state index contributed by atoms with van der Waals surface area (Å²) in [6, 6.07) is 0. The zero-order valence-corrected chi connectivity index (χ0v) is 12.7. The second-order valence-corrected chi connectivity index (χ2v) is 6.27. The number of hydrogen-bond acceptors (Lipinski definition) is 4. The van der Waals surface area contributed by atoms with E-state index in [1.807, 2.05) is 4.57 Å². The summed E-state index contributed by atoms with van der Waals surface area (Å²) in [5.41, 5.74) is 0.321. The molecule has 1 aromatic heterocycles. The highest BCUT2D eigenvalue weighted by molar-refractivity contribution is 5.90. The third kappa shape index (κ3) is 2.49. The maximum atomic E-state index is 11.5. The molecule has 1 unspecified atom stereocenters. The fourth-order valence-electron chi connectivity index (χ4n) is 3.64. The van der Waals surface area contributed by atoms with Crippen LogP contribution in [0.5, 0.6) is 0 Å². The molecule has 0 bridgehead atoms.